The van der Waals surface area contributed by atoms with Crippen molar-refractivity contribution in [2.75, 3.05) is 6.54 Å². The van der Waals surface area contributed by atoms with Crippen LogP contribution in [0.15, 0.2) is 16.9 Å². The minimum absolute atomic E-state index is 0.250. The predicted molar refractivity (Wildman–Crippen MR) is 56.3 cm³/mol. The Morgan fingerprint density at radius 1 is 1.53 bits per heavy atom. The van der Waals surface area contributed by atoms with Gasteiger partial charge in [0.15, 0.2) is 0 Å². The third-order valence-electron chi connectivity index (χ3n) is 2.41. The summed E-state index contributed by atoms with van der Waals surface area (Å²) in [6.45, 7) is 2.40. The first-order valence-electron chi connectivity index (χ1n) is 4.72. The summed E-state index contributed by atoms with van der Waals surface area (Å²) in [5, 5.41) is 0. The van der Waals surface area contributed by atoms with Gasteiger partial charge >= 0.3 is 5.69 Å². The number of halogens is 1. The van der Waals surface area contributed by atoms with Gasteiger partial charge in [0, 0.05) is 19.2 Å². The van der Waals surface area contributed by atoms with E-state index in [0.29, 0.717) is 29.7 Å². The molecule has 0 saturated carbocycles. The van der Waals surface area contributed by atoms with Crippen LogP contribution in [0.2, 0.25) is 0 Å². The number of aryl methyl sites for hydroxylation is 1. The zero-order chi connectivity index (χ0) is 11.0. The van der Waals surface area contributed by atoms with Gasteiger partial charge in [0.25, 0.3) is 0 Å². The highest BCUT2D eigenvalue weighted by molar-refractivity contribution is 5.76. The lowest BCUT2D eigenvalue weighted by Crippen LogP contribution is -2.21. The number of fused-ring (bicyclic) bond motifs is 1. The van der Waals surface area contributed by atoms with Gasteiger partial charge in [-0.1, -0.05) is 0 Å². The second kappa shape index (κ2) is 3.51. The second-order valence-corrected chi connectivity index (χ2v) is 3.49. The van der Waals surface area contributed by atoms with Crippen molar-refractivity contribution in [1.29, 1.82) is 0 Å². The van der Waals surface area contributed by atoms with Crippen LogP contribution in [0.5, 0.6) is 0 Å². The fourth-order valence-electron chi connectivity index (χ4n) is 1.64. The van der Waals surface area contributed by atoms with E-state index in [2.05, 4.69) is 4.98 Å². The molecule has 0 bridgehead atoms. The average molecular weight is 209 g/mol. The number of nitrogens with two attached hydrogens (primary N) is 1. The highest BCUT2D eigenvalue weighted by Crippen LogP contribution is 2.15. The number of hydrogen-bond donors (Lipinski definition) is 2. The fraction of sp³-hybridized carbons (Fsp3) is 0.300. The quantitative estimate of drug-likeness (QED) is 0.766. The molecule has 0 spiro atoms. The van der Waals surface area contributed by atoms with E-state index in [1.54, 1.807) is 13.0 Å². The van der Waals surface area contributed by atoms with Crippen LogP contribution in [0.25, 0.3) is 11.0 Å². The van der Waals surface area contributed by atoms with E-state index in [1.807, 2.05) is 0 Å². The molecule has 0 radical (unpaired) electrons. The van der Waals surface area contributed by atoms with Crippen molar-refractivity contribution < 1.29 is 4.39 Å². The minimum Gasteiger partial charge on any atom is -0.329 e. The summed E-state index contributed by atoms with van der Waals surface area (Å²) in [4.78, 5) is 14.1. The molecule has 0 unspecified atom stereocenters. The first-order chi connectivity index (χ1) is 7.13. The number of nitrogens with zero attached hydrogens (tertiary/aromatic N) is 1. The van der Waals surface area contributed by atoms with Crippen molar-refractivity contribution in [2.45, 2.75) is 13.5 Å². The van der Waals surface area contributed by atoms with Crippen molar-refractivity contribution in [3.05, 3.63) is 34.0 Å². The summed E-state index contributed by atoms with van der Waals surface area (Å²) < 4.78 is 14.8. The lowest BCUT2D eigenvalue weighted by Gasteiger charge is -2.01. The first kappa shape index (κ1) is 9.92. The fourth-order valence-corrected chi connectivity index (χ4v) is 1.64. The molecule has 0 fully saturated rings. The smallest absolute Gasteiger partial charge is 0.326 e. The van der Waals surface area contributed by atoms with Gasteiger partial charge < -0.3 is 10.7 Å². The molecular formula is C10H12FN3O. The first-order valence-corrected chi connectivity index (χ1v) is 4.72. The number of rotatable bonds is 2. The number of benzene rings is 1. The van der Waals surface area contributed by atoms with Crippen LogP contribution in [0, 0.1) is 12.7 Å². The molecule has 1 aromatic heterocycles. The Morgan fingerprint density at radius 2 is 2.27 bits per heavy atom. The molecule has 2 aromatic rings. The molecule has 0 atom stereocenters. The van der Waals surface area contributed by atoms with E-state index >= 15 is 0 Å². The molecular weight excluding hydrogens is 197 g/mol. The molecule has 3 N–H and O–H groups in total. The van der Waals surface area contributed by atoms with E-state index in [1.165, 1.54) is 10.6 Å². The number of imidazole rings is 1. The van der Waals surface area contributed by atoms with Crippen LogP contribution >= 0.6 is 0 Å². The van der Waals surface area contributed by atoms with Crippen molar-refractivity contribution in [2.24, 2.45) is 5.73 Å². The topological polar surface area (TPSA) is 63.8 Å². The second-order valence-electron chi connectivity index (χ2n) is 3.49. The monoisotopic (exact) mass is 209 g/mol. The van der Waals surface area contributed by atoms with Crippen molar-refractivity contribution in [1.82, 2.24) is 9.55 Å². The molecule has 1 aromatic carbocycles. The van der Waals surface area contributed by atoms with Crippen LogP contribution in [0.3, 0.4) is 0 Å². The minimum atomic E-state index is -0.313. The number of aromatic amines is 1. The van der Waals surface area contributed by atoms with Crippen LogP contribution < -0.4 is 11.4 Å². The SMILES string of the molecule is Cc1cc2[nH]c(=O)n(CCN)c2cc1F. The van der Waals surface area contributed by atoms with Crippen LogP contribution in [-0.4, -0.2) is 16.1 Å². The molecule has 1 heterocycles. The van der Waals surface area contributed by atoms with Crippen LogP contribution in [0.4, 0.5) is 4.39 Å². The summed E-state index contributed by atoms with van der Waals surface area (Å²) in [5.74, 6) is -0.313. The molecule has 80 valence electrons. The zero-order valence-corrected chi connectivity index (χ0v) is 8.38. The third-order valence-corrected chi connectivity index (χ3v) is 2.41. The van der Waals surface area contributed by atoms with Gasteiger partial charge in [-0.15, -0.1) is 0 Å². The maximum atomic E-state index is 13.3. The lowest BCUT2D eigenvalue weighted by molar-refractivity contribution is 0.618. The normalized spacial score (nSPS) is 11.1. The Hall–Kier alpha value is -1.62. The number of hydrogen-bond acceptors (Lipinski definition) is 2. The molecule has 0 aliphatic rings. The standard InChI is InChI=1S/C10H12FN3O/c1-6-4-8-9(5-7(6)11)14(3-2-12)10(15)13-8/h4-5H,2-3,12H2,1H3,(H,13,15). The third kappa shape index (κ3) is 1.55. The van der Waals surface area contributed by atoms with Gasteiger partial charge in [-0.25, -0.2) is 9.18 Å². The molecule has 0 saturated heterocycles. The Morgan fingerprint density at radius 3 is 2.93 bits per heavy atom. The number of nitrogens with one attached hydrogen (secondary N) is 1. The Balaban J connectivity index is 2.76. The summed E-state index contributed by atoms with van der Waals surface area (Å²) in [6.07, 6.45) is 0. The number of aromatic nitrogens is 2. The Kier molecular flexibility index (Phi) is 2.32. The predicted octanol–water partition coefficient (Wildman–Crippen LogP) is 0.736. The molecule has 0 amide bonds. The maximum absolute atomic E-state index is 13.3. The molecule has 4 nitrogen and oxygen atoms in total. The average Bonchev–Trinajstić information content (AvgIpc) is 2.46. The van der Waals surface area contributed by atoms with Gasteiger partial charge in [-0.2, -0.15) is 0 Å². The summed E-state index contributed by atoms with van der Waals surface area (Å²) in [5.41, 5.74) is 6.86. The van der Waals surface area contributed by atoms with Crippen molar-refractivity contribution in [3.63, 3.8) is 0 Å². The van der Waals surface area contributed by atoms with E-state index in [0.717, 1.165) is 0 Å². The highest BCUT2D eigenvalue weighted by atomic mass is 19.1. The Bertz CT molecular complexity index is 556. The van der Waals surface area contributed by atoms with E-state index in [-0.39, 0.29) is 11.5 Å². The van der Waals surface area contributed by atoms with Gasteiger partial charge in [-0.05, 0) is 18.6 Å². The van der Waals surface area contributed by atoms with Crippen LogP contribution in [-0.2, 0) is 6.54 Å². The maximum Gasteiger partial charge on any atom is 0.326 e. The molecule has 0 aliphatic carbocycles. The molecule has 0 aliphatic heterocycles. The zero-order valence-electron chi connectivity index (χ0n) is 8.38. The van der Waals surface area contributed by atoms with Gasteiger partial charge in [-0.3, -0.25) is 4.57 Å². The van der Waals surface area contributed by atoms with E-state index in [9.17, 15) is 9.18 Å². The van der Waals surface area contributed by atoms with E-state index in [4.69, 9.17) is 5.73 Å². The van der Waals surface area contributed by atoms with Crippen LogP contribution in [0.1, 0.15) is 5.56 Å². The van der Waals surface area contributed by atoms with E-state index < -0.39 is 0 Å². The lowest BCUT2D eigenvalue weighted by atomic mass is 10.2. The highest BCUT2D eigenvalue weighted by Gasteiger charge is 2.08. The van der Waals surface area contributed by atoms with Gasteiger partial charge in [0.1, 0.15) is 5.82 Å². The van der Waals surface area contributed by atoms with Crippen molar-refractivity contribution in [3.8, 4) is 0 Å². The summed E-state index contributed by atoms with van der Waals surface area (Å²) >= 11 is 0. The molecule has 5 heteroatoms. The van der Waals surface area contributed by atoms with Crippen molar-refractivity contribution >= 4 is 11.0 Å². The summed E-state index contributed by atoms with van der Waals surface area (Å²) in [7, 11) is 0. The number of H-pyrrole nitrogens is 1. The molecule has 2 rings (SSSR count). The summed E-state index contributed by atoms with van der Waals surface area (Å²) in [6, 6.07) is 2.98. The van der Waals surface area contributed by atoms with Gasteiger partial charge in [0.05, 0.1) is 11.0 Å². The van der Waals surface area contributed by atoms with Gasteiger partial charge in [0.2, 0.25) is 0 Å². The Labute approximate surface area is 85.5 Å². The molecule has 15 heavy (non-hydrogen) atoms. The largest absolute Gasteiger partial charge is 0.329 e.